The number of benzene rings is 2. The monoisotopic (exact) mass is 278 g/mol. The van der Waals surface area contributed by atoms with Crippen molar-refractivity contribution in [2.45, 2.75) is 6.61 Å². The van der Waals surface area contributed by atoms with E-state index in [1.165, 1.54) is 0 Å². The first-order valence-electron chi connectivity index (χ1n) is 6.62. The minimum Gasteiger partial charge on any atom is -0.489 e. The molecule has 0 amide bonds. The third kappa shape index (κ3) is 3.17. The van der Waals surface area contributed by atoms with Gasteiger partial charge < -0.3 is 4.74 Å². The van der Waals surface area contributed by atoms with E-state index in [-0.39, 0.29) is 0 Å². The van der Waals surface area contributed by atoms with Crippen LogP contribution in [0.4, 0.5) is 0 Å². The zero-order chi connectivity index (χ0) is 14.5. The van der Waals surface area contributed by atoms with Gasteiger partial charge in [0.05, 0.1) is 17.4 Å². The van der Waals surface area contributed by atoms with E-state index in [9.17, 15) is 4.79 Å². The predicted octanol–water partition coefficient (Wildman–Crippen LogP) is 3.26. The molecule has 1 heterocycles. The van der Waals surface area contributed by atoms with Crippen LogP contribution in [0.2, 0.25) is 0 Å². The third-order valence-electron chi connectivity index (χ3n) is 3.06. The molecular formula is C17H14N2O2. The fraction of sp³-hybridized carbons (Fsp3) is 0.0588. The average molecular weight is 278 g/mol. The molecule has 0 radical (unpaired) electrons. The number of aldehydes is 1. The first-order chi connectivity index (χ1) is 10.3. The van der Waals surface area contributed by atoms with Crippen molar-refractivity contribution in [3.05, 3.63) is 78.1 Å². The Labute approximate surface area is 122 Å². The van der Waals surface area contributed by atoms with E-state index in [2.05, 4.69) is 5.10 Å². The van der Waals surface area contributed by atoms with E-state index in [0.717, 1.165) is 23.3 Å². The molecule has 0 aliphatic carbocycles. The minimum absolute atomic E-state index is 0.486. The van der Waals surface area contributed by atoms with E-state index >= 15 is 0 Å². The summed E-state index contributed by atoms with van der Waals surface area (Å²) in [4.78, 5) is 10.7. The number of hydrogen-bond acceptors (Lipinski definition) is 3. The summed E-state index contributed by atoms with van der Waals surface area (Å²) in [6.07, 6.45) is 4.02. The standard InChI is InChI=1S/C17H14N2O2/c20-12-15-10-18-19(11-15)16-6-4-5-14(9-16)13-21-17-7-2-1-3-8-17/h1-12H,13H2. The van der Waals surface area contributed by atoms with Crippen molar-refractivity contribution >= 4 is 6.29 Å². The van der Waals surface area contributed by atoms with E-state index in [1.807, 2.05) is 54.6 Å². The van der Waals surface area contributed by atoms with E-state index < -0.39 is 0 Å². The molecule has 0 saturated carbocycles. The molecule has 0 saturated heterocycles. The normalized spacial score (nSPS) is 10.3. The van der Waals surface area contributed by atoms with E-state index in [0.29, 0.717) is 12.2 Å². The molecule has 21 heavy (non-hydrogen) atoms. The van der Waals surface area contributed by atoms with Crippen LogP contribution in [-0.2, 0) is 6.61 Å². The Balaban J connectivity index is 1.75. The van der Waals surface area contributed by atoms with Gasteiger partial charge in [-0.3, -0.25) is 4.79 Å². The van der Waals surface area contributed by atoms with Crippen molar-refractivity contribution in [3.63, 3.8) is 0 Å². The average Bonchev–Trinajstić information content (AvgIpc) is 3.03. The van der Waals surface area contributed by atoms with Crippen LogP contribution >= 0.6 is 0 Å². The highest BCUT2D eigenvalue weighted by molar-refractivity contribution is 5.73. The number of aromatic nitrogens is 2. The molecule has 0 atom stereocenters. The number of rotatable bonds is 5. The third-order valence-corrected chi connectivity index (χ3v) is 3.06. The first kappa shape index (κ1) is 13.1. The molecular weight excluding hydrogens is 264 g/mol. The number of ether oxygens (including phenoxy) is 1. The lowest BCUT2D eigenvalue weighted by atomic mass is 10.2. The van der Waals surface area contributed by atoms with Gasteiger partial charge in [-0.25, -0.2) is 4.68 Å². The van der Waals surface area contributed by atoms with Gasteiger partial charge in [0, 0.05) is 6.20 Å². The topological polar surface area (TPSA) is 44.1 Å². The first-order valence-corrected chi connectivity index (χ1v) is 6.62. The highest BCUT2D eigenvalue weighted by atomic mass is 16.5. The zero-order valence-corrected chi connectivity index (χ0v) is 11.3. The summed E-state index contributed by atoms with van der Waals surface area (Å²) in [5.74, 6) is 0.838. The largest absolute Gasteiger partial charge is 0.489 e. The molecule has 0 aliphatic heterocycles. The van der Waals surface area contributed by atoms with Crippen LogP contribution < -0.4 is 4.74 Å². The van der Waals surface area contributed by atoms with Crippen molar-refractivity contribution in [1.29, 1.82) is 0 Å². The molecule has 0 fully saturated rings. The van der Waals surface area contributed by atoms with Crippen LogP contribution in [0.1, 0.15) is 15.9 Å². The Hall–Kier alpha value is -2.88. The summed E-state index contributed by atoms with van der Waals surface area (Å²) in [7, 11) is 0. The van der Waals surface area contributed by atoms with E-state index in [4.69, 9.17) is 4.74 Å². The van der Waals surface area contributed by atoms with Crippen LogP contribution in [0.25, 0.3) is 5.69 Å². The number of nitrogens with zero attached hydrogens (tertiary/aromatic N) is 2. The second-order valence-corrected chi connectivity index (χ2v) is 4.61. The Kier molecular flexibility index (Phi) is 3.78. The molecule has 3 aromatic rings. The molecule has 1 aromatic heterocycles. The predicted molar refractivity (Wildman–Crippen MR) is 79.7 cm³/mol. The van der Waals surface area contributed by atoms with Gasteiger partial charge in [0.1, 0.15) is 12.4 Å². The second-order valence-electron chi connectivity index (χ2n) is 4.61. The highest BCUT2D eigenvalue weighted by Crippen LogP contribution is 2.14. The fourth-order valence-electron chi connectivity index (χ4n) is 2.01. The van der Waals surface area contributed by atoms with Gasteiger partial charge in [0.15, 0.2) is 6.29 Å². The van der Waals surface area contributed by atoms with Gasteiger partial charge in [0.2, 0.25) is 0 Å². The van der Waals surface area contributed by atoms with Gasteiger partial charge in [0.25, 0.3) is 0 Å². The Morgan fingerprint density at radius 1 is 1.10 bits per heavy atom. The van der Waals surface area contributed by atoms with Crippen LogP contribution in [0.3, 0.4) is 0 Å². The maximum Gasteiger partial charge on any atom is 0.153 e. The van der Waals surface area contributed by atoms with Crippen molar-refractivity contribution in [2.24, 2.45) is 0 Å². The van der Waals surface area contributed by atoms with Gasteiger partial charge in [-0.15, -0.1) is 0 Å². The molecule has 0 spiro atoms. The van der Waals surface area contributed by atoms with Gasteiger partial charge in [-0.1, -0.05) is 30.3 Å². The molecule has 4 nitrogen and oxygen atoms in total. The van der Waals surface area contributed by atoms with Gasteiger partial charge in [-0.05, 0) is 29.8 Å². The van der Waals surface area contributed by atoms with Crippen LogP contribution in [0.15, 0.2) is 67.0 Å². The van der Waals surface area contributed by atoms with Crippen molar-refractivity contribution in [3.8, 4) is 11.4 Å². The van der Waals surface area contributed by atoms with E-state index in [1.54, 1.807) is 17.1 Å². The summed E-state index contributed by atoms with van der Waals surface area (Å²) in [6.45, 7) is 0.486. The summed E-state index contributed by atoms with van der Waals surface area (Å²) in [6, 6.07) is 17.6. The number of hydrogen-bond donors (Lipinski definition) is 0. The fourth-order valence-corrected chi connectivity index (χ4v) is 2.01. The molecule has 4 heteroatoms. The molecule has 0 aliphatic rings. The summed E-state index contributed by atoms with van der Waals surface area (Å²) >= 11 is 0. The molecule has 2 aromatic carbocycles. The second kappa shape index (κ2) is 6.05. The Morgan fingerprint density at radius 2 is 1.95 bits per heavy atom. The summed E-state index contributed by atoms with van der Waals surface area (Å²) in [5.41, 5.74) is 2.50. The smallest absolute Gasteiger partial charge is 0.153 e. The van der Waals surface area contributed by atoms with Crippen LogP contribution in [0.5, 0.6) is 5.75 Å². The van der Waals surface area contributed by atoms with Gasteiger partial charge in [-0.2, -0.15) is 5.10 Å². The number of carbonyl (C=O) groups is 1. The lowest BCUT2D eigenvalue weighted by Gasteiger charge is -2.08. The zero-order valence-electron chi connectivity index (χ0n) is 11.3. The number of para-hydroxylation sites is 1. The lowest BCUT2D eigenvalue weighted by Crippen LogP contribution is -1.99. The van der Waals surface area contributed by atoms with Gasteiger partial charge >= 0.3 is 0 Å². The highest BCUT2D eigenvalue weighted by Gasteiger charge is 2.02. The molecule has 0 N–H and O–H groups in total. The molecule has 3 rings (SSSR count). The molecule has 104 valence electrons. The summed E-state index contributed by atoms with van der Waals surface area (Å²) < 4.78 is 7.40. The van der Waals surface area contributed by atoms with Crippen LogP contribution in [0, 0.1) is 0 Å². The maximum absolute atomic E-state index is 10.7. The molecule has 0 bridgehead atoms. The van der Waals surface area contributed by atoms with Crippen molar-refractivity contribution in [2.75, 3.05) is 0 Å². The SMILES string of the molecule is O=Cc1cnn(-c2cccc(COc3ccccc3)c2)c1. The van der Waals surface area contributed by atoms with Crippen molar-refractivity contribution in [1.82, 2.24) is 9.78 Å². The summed E-state index contributed by atoms with van der Waals surface area (Å²) in [5, 5.41) is 4.16. The quantitative estimate of drug-likeness (QED) is 0.673. The minimum atomic E-state index is 0.486. The lowest BCUT2D eigenvalue weighted by molar-refractivity contribution is 0.112. The Bertz CT molecular complexity index is 735. The Morgan fingerprint density at radius 3 is 2.71 bits per heavy atom. The van der Waals surface area contributed by atoms with Crippen LogP contribution in [-0.4, -0.2) is 16.1 Å². The molecule has 0 unspecified atom stereocenters. The maximum atomic E-state index is 10.7. The van der Waals surface area contributed by atoms with Crippen molar-refractivity contribution < 1.29 is 9.53 Å². The number of carbonyl (C=O) groups excluding carboxylic acids is 1.